The lowest BCUT2D eigenvalue weighted by Gasteiger charge is -2.21. The van der Waals surface area contributed by atoms with Gasteiger partial charge in [-0.2, -0.15) is 0 Å². The molecule has 1 saturated carbocycles. The highest BCUT2D eigenvalue weighted by molar-refractivity contribution is 9.10. The largest absolute Gasteiger partial charge is 0.359 e. The third-order valence-corrected chi connectivity index (χ3v) is 4.16. The van der Waals surface area contributed by atoms with E-state index in [1.54, 1.807) is 0 Å². The van der Waals surface area contributed by atoms with Crippen LogP contribution in [-0.2, 0) is 0 Å². The van der Waals surface area contributed by atoms with Gasteiger partial charge in [-0.3, -0.25) is 0 Å². The molecule has 1 aliphatic carbocycles. The molecule has 1 aromatic heterocycles. The molecule has 0 saturated heterocycles. The first-order chi connectivity index (χ1) is 8.16. The average Bonchev–Trinajstić information content (AvgIpc) is 2.78. The molecular weight excluding hydrogens is 276 g/mol. The summed E-state index contributed by atoms with van der Waals surface area (Å²) in [5, 5.41) is 0. The Morgan fingerprint density at radius 2 is 2.12 bits per heavy atom. The predicted molar refractivity (Wildman–Crippen MR) is 76.5 cm³/mol. The van der Waals surface area contributed by atoms with Gasteiger partial charge < -0.3 is 4.90 Å². The van der Waals surface area contributed by atoms with E-state index in [9.17, 15) is 0 Å². The van der Waals surface area contributed by atoms with Crippen LogP contribution in [0.3, 0.4) is 0 Å². The van der Waals surface area contributed by atoms with E-state index >= 15 is 0 Å². The Balaban J connectivity index is 1.91. The number of anilines is 1. The normalized spacial score (nSPS) is 16.4. The maximum Gasteiger partial charge on any atom is 0.131 e. The van der Waals surface area contributed by atoms with Gasteiger partial charge in [0, 0.05) is 24.3 Å². The van der Waals surface area contributed by atoms with Gasteiger partial charge in [0.25, 0.3) is 0 Å². The van der Waals surface area contributed by atoms with E-state index in [4.69, 9.17) is 0 Å². The Bertz CT molecular complexity index is 372. The molecule has 0 atom stereocenters. The van der Waals surface area contributed by atoms with Crippen LogP contribution in [0.1, 0.15) is 37.7 Å². The SMILES string of the molecule is Cc1cc(Br)cnc1N(C)CCC1CCCC1. The third-order valence-electron chi connectivity index (χ3n) is 3.73. The molecule has 94 valence electrons. The fourth-order valence-corrected chi connectivity index (χ4v) is 3.16. The minimum atomic E-state index is 0.952. The van der Waals surface area contributed by atoms with Gasteiger partial charge in [0.05, 0.1) is 0 Å². The molecular formula is C14H21BrN2. The molecule has 0 aromatic carbocycles. The van der Waals surface area contributed by atoms with Crippen molar-refractivity contribution in [3.05, 3.63) is 22.3 Å². The minimum Gasteiger partial charge on any atom is -0.359 e. The van der Waals surface area contributed by atoms with Crippen molar-refractivity contribution in [1.82, 2.24) is 4.98 Å². The monoisotopic (exact) mass is 296 g/mol. The second-order valence-electron chi connectivity index (χ2n) is 5.15. The van der Waals surface area contributed by atoms with E-state index in [0.717, 1.165) is 22.8 Å². The van der Waals surface area contributed by atoms with Gasteiger partial charge in [-0.05, 0) is 46.8 Å². The highest BCUT2D eigenvalue weighted by Gasteiger charge is 2.16. The molecule has 1 aliphatic rings. The van der Waals surface area contributed by atoms with Crippen LogP contribution >= 0.6 is 15.9 Å². The highest BCUT2D eigenvalue weighted by Crippen LogP contribution is 2.28. The zero-order valence-electron chi connectivity index (χ0n) is 10.7. The Morgan fingerprint density at radius 1 is 1.41 bits per heavy atom. The van der Waals surface area contributed by atoms with Crippen LogP contribution in [0.2, 0.25) is 0 Å². The van der Waals surface area contributed by atoms with E-state index in [2.05, 4.69) is 45.9 Å². The van der Waals surface area contributed by atoms with Crippen molar-refractivity contribution >= 4 is 21.7 Å². The van der Waals surface area contributed by atoms with Gasteiger partial charge >= 0.3 is 0 Å². The molecule has 0 radical (unpaired) electrons. The first-order valence-corrected chi connectivity index (χ1v) is 7.29. The van der Waals surface area contributed by atoms with Crippen molar-refractivity contribution in [2.75, 3.05) is 18.5 Å². The topological polar surface area (TPSA) is 16.1 Å². The van der Waals surface area contributed by atoms with Gasteiger partial charge in [0.15, 0.2) is 0 Å². The van der Waals surface area contributed by atoms with Crippen LogP contribution in [0.15, 0.2) is 16.7 Å². The molecule has 0 unspecified atom stereocenters. The third kappa shape index (κ3) is 3.44. The van der Waals surface area contributed by atoms with Gasteiger partial charge in [0.2, 0.25) is 0 Å². The van der Waals surface area contributed by atoms with E-state index < -0.39 is 0 Å². The van der Waals surface area contributed by atoms with Crippen molar-refractivity contribution in [3.63, 3.8) is 0 Å². The Labute approximate surface area is 113 Å². The van der Waals surface area contributed by atoms with Gasteiger partial charge in [0.1, 0.15) is 5.82 Å². The summed E-state index contributed by atoms with van der Waals surface area (Å²) in [6.07, 6.45) is 8.93. The molecule has 1 fully saturated rings. The highest BCUT2D eigenvalue weighted by atomic mass is 79.9. The lowest BCUT2D eigenvalue weighted by molar-refractivity contribution is 0.504. The minimum absolute atomic E-state index is 0.952. The molecule has 0 aliphatic heterocycles. The molecule has 17 heavy (non-hydrogen) atoms. The maximum absolute atomic E-state index is 4.50. The Morgan fingerprint density at radius 3 is 2.76 bits per heavy atom. The summed E-state index contributed by atoms with van der Waals surface area (Å²) in [5.41, 5.74) is 1.24. The summed E-state index contributed by atoms with van der Waals surface area (Å²) in [4.78, 5) is 6.79. The summed E-state index contributed by atoms with van der Waals surface area (Å²) in [5.74, 6) is 2.07. The van der Waals surface area contributed by atoms with Crippen LogP contribution in [0, 0.1) is 12.8 Å². The molecule has 0 spiro atoms. The van der Waals surface area contributed by atoms with Crippen molar-refractivity contribution in [2.24, 2.45) is 5.92 Å². The number of hydrogen-bond acceptors (Lipinski definition) is 2. The van der Waals surface area contributed by atoms with Crippen molar-refractivity contribution < 1.29 is 0 Å². The molecule has 1 heterocycles. The lowest BCUT2D eigenvalue weighted by Crippen LogP contribution is -2.22. The van der Waals surface area contributed by atoms with Crippen molar-refractivity contribution in [2.45, 2.75) is 39.0 Å². The maximum atomic E-state index is 4.50. The molecule has 0 N–H and O–H groups in total. The van der Waals surface area contributed by atoms with Crippen LogP contribution in [0.25, 0.3) is 0 Å². The number of aromatic nitrogens is 1. The molecule has 1 aromatic rings. The van der Waals surface area contributed by atoms with Crippen LogP contribution in [-0.4, -0.2) is 18.6 Å². The number of pyridine rings is 1. The number of nitrogens with zero attached hydrogens (tertiary/aromatic N) is 2. The van der Waals surface area contributed by atoms with Gasteiger partial charge in [-0.1, -0.05) is 25.7 Å². The fraction of sp³-hybridized carbons (Fsp3) is 0.643. The second kappa shape index (κ2) is 5.85. The predicted octanol–water partition coefficient (Wildman–Crippen LogP) is 4.17. The van der Waals surface area contributed by atoms with Crippen molar-refractivity contribution in [3.8, 4) is 0 Å². The first-order valence-electron chi connectivity index (χ1n) is 6.50. The van der Waals surface area contributed by atoms with Gasteiger partial charge in [-0.25, -0.2) is 4.98 Å². The zero-order chi connectivity index (χ0) is 12.3. The summed E-state index contributed by atoms with van der Waals surface area (Å²) in [6, 6.07) is 2.13. The van der Waals surface area contributed by atoms with Crippen LogP contribution in [0.5, 0.6) is 0 Å². The van der Waals surface area contributed by atoms with E-state index in [0.29, 0.717) is 0 Å². The zero-order valence-corrected chi connectivity index (χ0v) is 12.3. The van der Waals surface area contributed by atoms with Crippen LogP contribution < -0.4 is 4.90 Å². The van der Waals surface area contributed by atoms with E-state index in [1.165, 1.54) is 37.7 Å². The Kier molecular flexibility index (Phi) is 4.43. The summed E-state index contributed by atoms with van der Waals surface area (Å²) in [7, 11) is 2.15. The Hall–Kier alpha value is -0.570. The number of rotatable bonds is 4. The van der Waals surface area contributed by atoms with Crippen molar-refractivity contribution in [1.29, 1.82) is 0 Å². The quantitative estimate of drug-likeness (QED) is 0.829. The molecule has 2 rings (SSSR count). The molecule has 0 amide bonds. The summed E-state index contributed by atoms with van der Waals surface area (Å²) < 4.78 is 1.06. The average molecular weight is 297 g/mol. The second-order valence-corrected chi connectivity index (χ2v) is 6.07. The smallest absolute Gasteiger partial charge is 0.131 e. The standard InChI is InChI=1S/C14H21BrN2/c1-11-9-13(15)10-16-14(11)17(2)8-7-12-5-3-4-6-12/h9-10,12H,3-8H2,1-2H3. The molecule has 3 heteroatoms. The summed E-state index contributed by atoms with van der Waals surface area (Å²) >= 11 is 3.46. The van der Waals surface area contributed by atoms with Crippen LogP contribution in [0.4, 0.5) is 5.82 Å². The number of halogens is 1. The molecule has 2 nitrogen and oxygen atoms in total. The summed E-state index contributed by atoms with van der Waals surface area (Å²) in [6.45, 7) is 3.25. The molecule has 0 bridgehead atoms. The van der Waals surface area contributed by atoms with Gasteiger partial charge in [-0.15, -0.1) is 0 Å². The van der Waals surface area contributed by atoms with E-state index in [1.807, 2.05) is 6.20 Å². The lowest BCUT2D eigenvalue weighted by atomic mass is 10.0. The van der Waals surface area contributed by atoms with E-state index in [-0.39, 0.29) is 0 Å². The first kappa shape index (κ1) is 12.9. The fourth-order valence-electron chi connectivity index (χ4n) is 2.71. The number of aryl methyl sites for hydroxylation is 1. The number of hydrogen-bond donors (Lipinski definition) is 0.